The first-order valence-corrected chi connectivity index (χ1v) is 5.63. The summed E-state index contributed by atoms with van der Waals surface area (Å²) >= 11 is 0. The molecule has 0 fully saturated rings. The van der Waals surface area contributed by atoms with E-state index in [1.165, 1.54) is 12.2 Å². The van der Waals surface area contributed by atoms with E-state index in [9.17, 15) is 9.90 Å². The van der Waals surface area contributed by atoms with Gasteiger partial charge < -0.3 is 10.4 Å². The molecule has 88 valence electrons. The second kappa shape index (κ2) is 5.66. The summed E-state index contributed by atoms with van der Waals surface area (Å²) < 4.78 is 0. The first-order chi connectivity index (χ1) is 7.56. The molecule has 1 amide bonds. The predicted octanol–water partition coefficient (Wildman–Crippen LogP) is 1.91. The summed E-state index contributed by atoms with van der Waals surface area (Å²) in [5.41, 5.74) is -1.20. The van der Waals surface area contributed by atoms with Gasteiger partial charge in [-0.15, -0.1) is 0 Å². The summed E-state index contributed by atoms with van der Waals surface area (Å²) in [4.78, 5) is 10.9. The maximum atomic E-state index is 10.9. The molecule has 0 aromatic rings. The van der Waals surface area contributed by atoms with Crippen LogP contribution in [-0.2, 0) is 4.79 Å². The number of amides is 1. The minimum Gasteiger partial charge on any atom is -0.367 e. The fourth-order valence-electron chi connectivity index (χ4n) is 1.35. The van der Waals surface area contributed by atoms with Crippen LogP contribution in [0.1, 0.15) is 26.7 Å². The molecule has 2 N–H and O–H groups in total. The number of hydrogen-bond donors (Lipinski definition) is 2. The highest BCUT2D eigenvalue weighted by molar-refractivity contribution is 5.91. The molecule has 0 radical (unpaired) electrons. The lowest BCUT2D eigenvalue weighted by atomic mass is 10.1. The summed E-state index contributed by atoms with van der Waals surface area (Å²) in [5.74, 6) is 0.324. The molecule has 16 heavy (non-hydrogen) atoms. The van der Waals surface area contributed by atoms with Crippen LogP contribution in [0.2, 0.25) is 0 Å². The average molecular weight is 221 g/mol. The lowest BCUT2D eigenvalue weighted by molar-refractivity contribution is -0.119. The van der Waals surface area contributed by atoms with Gasteiger partial charge in [-0.3, -0.25) is 4.79 Å². The van der Waals surface area contributed by atoms with Crippen LogP contribution in [0.15, 0.2) is 36.5 Å². The van der Waals surface area contributed by atoms with Crippen molar-refractivity contribution in [2.45, 2.75) is 32.4 Å². The van der Waals surface area contributed by atoms with E-state index in [0.717, 1.165) is 6.42 Å². The lowest BCUT2D eigenvalue weighted by Gasteiger charge is -2.18. The molecule has 0 bridgehead atoms. The van der Waals surface area contributed by atoms with Gasteiger partial charge >= 0.3 is 0 Å². The third-order valence-electron chi connectivity index (χ3n) is 2.61. The lowest BCUT2D eigenvalue weighted by Crippen LogP contribution is -2.41. The van der Waals surface area contributed by atoms with Gasteiger partial charge in [0.25, 0.3) is 0 Å². The van der Waals surface area contributed by atoms with Crippen LogP contribution < -0.4 is 5.32 Å². The van der Waals surface area contributed by atoms with Gasteiger partial charge in [0.15, 0.2) is 5.72 Å². The molecule has 3 heteroatoms. The Balaban J connectivity index is 2.35. The van der Waals surface area contributed by atoms with E-state index in [4.69, 9.17) is 0 Å². The normalized spacial score (nSPS) is 26.8. The molecular weight excluding hydrogens is 202 g/mol. The third kappa shape index (κ3) is 4.03. The van der Waals surface area contributed by atoms with Crippen LogP contribution in [0, 0.1) is 5.92 Å². The average Bonchev–Trinajstić information content (AvgIpc) is 2.58. The van der Waals surface area contributed by atoms with Crippen LogP contribution in [0.4, 0.5) is 0 Å². The van der Waals surface area contributed by atoms with E-state index >= 15 is 0 Å². The van der Waals surface area contributed by atoms with E-state index in [0.29, 0.717) is 12.3 Å². The van der Waals surface area contributed by atoms with Gasteiger partial charge in [0.1, 0.15) is 0 Å². The minimum absolute atomic E-state index is 0.244. The van der Waals surface area contributed by atoms with Gasteiger partial charge in [-0.05, 0) is 12.0 Å². The van der Waals surface area contributed by atoms with Crippen molar-refractivity contribution >= 4 is 5.91 Å². The molecule has 2 unspecified atom stereocenters. The van der Waals surface area contributed by atoms with Crippen molar-refractivity contribution < 1.29 is 9.90 Å². The summed E-state index contributed by atoms with van der Waals surface area (Å²) in [7, 11) is 0. The minimum atomic E-state index is -1.20. The SMILES string of the molecule is CCC(C)/C=C/C=C/CC1(O)C=CC(=O)N1. The molecular formula is C13H19NO2. The van der Waals surface area contributed by atoms with E-state index < -0.39 is 5.72 Å². The van der Waals surface area contributed by atoms with Gasteiger partial charge in [0, 0.05) is 12.5 Å². The molecule has 0 aromatic heterocycles. The van der Waals surface area contributed by atoms with Crippen LogP contribution >= 0.6 is 0 Å². The number of hydrogen-bond acceptors (Lipinski definition) is 2. The monoisotopic (exact) mass is 221 g/mol. The Morgan fingerprint density at radius 1 is 1.56 bits per heavy atom. The molecule has 0 aliphatic carbocycles. The quantitative estimate of drug-likeness (QED) is 0.697. The summed E-state index contributed by atoms with van der Waals surface area (Å²) in [5, 5.41) is 12.3. The van der Waals surface area contributed by atoms with Crippen molar-refractivity contribution in [1.29, 1.82) is 0 Å². The molecule has 1 aliphatic heterocycles. The summed E-state index contributed by atoms with van der Waals surface area (Å²) in [6.07, 6.45) is 12.2. The highest BCUT2D eigenvalue weighted by atomic mass is 16.3. The predicted molar refractivity (Wildman–Crippen MR) is 64.6 cm³/mol. The molecule has 3 nitrogen and oxygen atoms in total. The Kier molecular flexibility index (Phi) is 4.50. The van der Waals surface area contributed by atoms with Crippen molar-refractivity contribution in [2.75, 3.05) is 0 Å². The summed E-state index contributed by atoms with van der Waals surface area (Å²) in [6, 6.07) is 0. The molecule has 0 saturated heterocycles. The summed E-state index contributed by atoms with van der Waals surface area (Å²) in [6.45, 7) is 4.29. The molecule has 0 saturated carbocycles. The number of carbonyl (C=O) groups excluding carboxylic acids is 1. The maximum absolute atomic E-state index is 10.9. The fourth-order valence-corrected chi connectivity index (χ4v) is 1.35. The standard InChI is InChI=1S/C13H19NO2/c1-3-11(2)7-5-4-6-9-13(16)10-8-12(15)14-13/h4-8,10-11,16H,3,9H2,1-2H3,(H,14,15)/b6-4+,7-5+. The zero-order valence-corrected chi connectivity index (χ0v) is 9.81. The maximum Gasteiger partial charge on any atom is 0.246 e. The molecule has 2 atom stereocenters. The van der Waals surface area contributed by atoms with Crippen molar-refractivity contribution in [1.82, 2.24) is 5.32 Å². The van der Waals surface area contributed by atoms with Gasteiger partial charge in [-0.1, -0.05) is 44.6 Å². The Morgan fingerprint density at radius 2 is 2.31 bits per heavy atom. The van der Waals surface area contributed by atoms with Gasteiger partial charge in [-0.25, -0.2) is 0 Å². The molecule has 0 aromatic carbocycles. The zero-order chi connectivity index (χ0) is 12.0. The first-order valence-electron chi connectivity index (χ1n) is 5.63. The van der Waals surface area contributed by atoms with Crippen molar-refractivity contribution in [2.24, 2.45) is 5.92 Å². The Hall–Kier alpha value is -1.35. The number of carbonyl (C=O) groups is 1. The van der Waals surface area contributed by atoms with Crippen LogP contribution in [-0.4, -0.2) is 16.7 Å². The molecule has 0 spiro atoms. The van der Waals surface area contributed by atoms with Crippen LogP contribution in [0.5, 0.6) is 0 Å². The van der Waals surface area contributed by atoms with Crippen LogP contribution in [0.25, 0.3) is 0 Å². The molecule has 1 heterocycles. The topological polar surface area (TPSA) is 49.3 Å². The largest absolute Gasteiger partial charge is 0.367 e. The second-order valence-electron chi connectivity index (χ2n) is 4.15. The molecule has 1 aliphatic rings. The smallest absolute Gasteiger partial charge is 0.246 e. The van der Waals surface area contributed by atoms with Gasteiger partial charge in [0.05, 0.1) is 0 Å². The highest BCUT2D eigenvalue weighted by Crippen LogP contribution is 2.14. The number of rotatable bonds is 5. The zero-order valence-electron chi connectivity index (χ0n) is 9.81. The first kappa shape index (κ1) is 12.7. The van der Waals surface area contributed by atoms with E-state index in [-0.39, 0.29) is 5.91 Å². The fraction of sp³-hybridized carbons (Fsp3) is 0.462. The van der Waals surface area contributed by atoms with Gasteiger partial charge in [0.2, 0.25) is 5.91 Å². The van der Waals surface area contributed by atoms with E-state index in [1.807, 2.05) is 18.2 Å². The Morgan fingerprint density at radius 3 is 2.88 bits per heavy atom. The van der Waals surface area contributed by atoms with Crippen molar-refractivity contribution in [3.8, 4) is 0 Å². The van der Waals surface area contributed by atoms with Crippen LogP contribution in [0.3, 0.4) is 0 Å². The van der Waals surface area contributed by atoms with Crippen molar-refractivity contribution in [3.63, 3.8) is 0 Å². The highest BCUT2D eigenvalue weighted by Gasteiger charge is 2.28. The Labute approximate surface area is 96.5 Å². The number of aliphatic hydroxyl groups is 1. The van der Waals surface area contributed by atoms with E-state index in [1.54, 1.807) is 0 Å². The molecule has 1 rings (SSSR count). The third-order valence-corrected chi connectivity index (χ3v) is 2.61. The number of allylic oxidation sites excluding steroid dienone is 3. The van der Waals surface area contributed by atoms with E-state index in [2.05, 4.69) is 25.2 Å². The van der Waals surface area contributed by atoms with Crippen molar-refractivity contribution in [3.05, 3.63) is 36.5 Å². The Bertz CT molecular complexity index is 331. The van der Waals surface area contributed by atoms with Gasteiger partial charge in [-0.2, -0.15) is 0 Å². The second-order valence-corrected chi connectivity index (χ2v) is 4.15. The number of nitrogens with one attached hydrogen (secondary N) is 1.